The molecule has 2 aromatic rings. The highest BCUT2D eigenvalue weighted by molar-refractivity contribution is 8.01. The van der Waals surface area contributed by atoms with E-state index in [1.165, 1.54) is 34.2 Å². The Hall–Kier alpha value is -1.65. The fourth-order valence-corrected chi connectivity index (χ4v) is 6.73. The third-order valence-corrected chi connectivity index (χ3v) is 8.72. The summed E-state index contributed by atoms with van der Waals surface area (Å²) in [6.45, 7) is 8.76. The molecule has 0 saturated carbocycles. The fraction of sp³-hybridized carbons (Fsp3) is 0.550. The van der Waals surface area contributed by atoms with E-state index in [0.29, 0.717) is 22.4 Å². The normalized spacial score (nSPS) is 18.0. The van der Waals surface area contributed by atoms with E-state index in [1.807, 2.05) is 19.9 Å². The summed E-state index contributed by atoms with van der Waals surface area (Å²) in [6, 6.07) is 5.90. The third kappa shape index (κ3) is 6.18. The molecule has 1 aliphatic heterocycles. The largest absolute Gasteiger partial charge is 0.338 e. The Morgan fingerprint density at radius 3 is 2.70 bits per heavy atom. The van der Waals surface area contributed by atoms with Gasteiger partial charge in [0.1, 0.15) is 0 Å². The fourth-order valence-electron chi connectivity index (χ4n) is 3.34. The third-order valence-electron chi connectivity index (χ3n) is 5.02. The summed E-state index contributed by atoms with van der Waals surface area (Å²) in [5.74, 6) is 0.684. The molecule has 3 rings (SSSR count). The number of aryl methyl sites for hydroxylation is 2. The second-order valence-corrected chi connectivity index (χ2v) is 12.5. The number of nitrogens with zero attached hydrogens (tertiary/aromatic N) is 3. The molecule has 0 bridgehead atoms. The quantitative estimate of drug-likeness (QED) is 0.591. The summed E-state index contributed by atoms with van der Waals surface area (Å²) >= 11 is 2.74. The van der Waals surface area contributed by atoms with Crippen LogP contribution >= 0.6 is 23.1 Å². The summed E-state index contributed by atoms with van der Waals surface area (Å²) in [6.07, 6.45) is 0.522. The molecule has 2 heterocycles. The monoisotopic (exact) mass is 468 g/mol. The van der Waals surface area contributed by atoms with Crippen molar-refractivity contribution in [2.45, 2.75) is 44.5 Å². The van der Waals surface area contributed by atoms with Crippen molar-refractivity contribution in [3.8, 4) is 0 Å². The molecule has 0 radical (unpaired) electrons. The molecule has 30 heavy (non-hydrogen) atoms. The van der Waals surface area contributed by atoms with Gasteiger partial charge in [-0.05, 0) is 49.4 Å². The van der Waals surface area contributed by atoms with Crippen LogP contribution in [-0.2, 0) is 14.6 Å². The first-order valence-corrected chi connectivity index (χ1v) is 13.6. The molecule has 1 N–H and O–H groups in total. The minimum Gasteiger partial charge on any atom is -0.338 e. The Labute approximate surface area is 186 Å². The molecule has 7 nitrogen and oxygen atoms in total. The predicted octanol–water partition coefficient (Wildman–Crippen LogP) is 3.66. The summed E-state index contributed by atoms with van der Waals surface area (Å²) in [5, 5.41) is 12.3. The van der Waals surface area contributed by atoms with Crippen molar-refractivity contribution in [2.75, 3.05) is 29.1 Å². The predicted molar refractivity (Wildman–Crippen MR) is 123 cm³/mol. The molecular formula is C20H28N4O3S3. The molecule has 10 heteroatoms. The number of benzene rings is 1. The number of aromatic nitrogens is 2. The lowest BCUT2D eigenvalue weighted by Gasteiger charge is -2.29. The number of thioether (sulfide) groups is 1. The number of amides is 1. The molecule has 1 amide bonds. The van der Waals surface area contributed by atoms with Crippen LogP contribution in [0.4, 0.5) is 10.8 Å². The number of hydrogen-bond acceptors (Lipinski definition) is 8. The molecule has 0 spiro atoms. The van der Waals surface area contributed by atoms with E-state index in [2.05, 4.69) is 41.5 Å². The summed E-state index contributed by atoms with van der Waals surface area (Å²) in [7, 11) is -3.04. The van der Waals surface area contributed by atoms with Gasteiger partial charge < -0.3 is 10.2 Å². The lowest BCUT2D eigenvalue weighted by atomic mass is 10.1. The molecule has 0 aliphatic carbocycles. The Morgan fingerprint density at radius 1 is 1.30 bits per heavy atom. The number of carbonyl (C=O) groups excluding carboxylic acids is 1. The Bertz CT molecular complexity index is 1000. The zero-order valence-corrected chi connectivity index (χ0v) is 20.2. The minimum absolute atomic E-state index is 0.0466. The molecule has 1 atom stereocenters. The number of rotatable bonds is 8. The maximum absolute atomic E-state index is 12.9. The molecule has 1 aromatic carbocycles. The lowest BCUT2D eigenvalue weighted by molar-refractivity contribution is -0.130. The molecule has 164 valence electrons. The lowest BCUT2D eigenvalue weighted by Crippen LogP contribution is -2.44. The van der Waals surface area contributed by atoms with Gasteiger partial charge in [0.15, 0.2) is 14.2 Å². The first kappa shape index (κ1) is 23.0. The number of anilines is 2. The molecule has 1 saturated heterocycles. The van der Waals surface area contributed by atoms with Crippen LogP contribution in [0.2, 0.25) is 0 Å². The van der Waals surface area contributed by atoms with Crippen LogP contribution in [0, 0.1) is 19.8 Å². The van der Waals surface area contributed by atoms with Crippen LogP contribution in [0.25, 0.3) is 0 Å². The van der Waals surface area contributed by atoms with Crippen molar-refractivity contribution in [3.63, 3.8) is 0 Å². The van der Waals surface area contributed by atoms with Crippen molar-refractivity contribution in [2.24, 2.45) is 5.92 Å². The number of hydrogen-bond donors (Lipinski definition) is 1. The Morgan fingerprint density at radius 2 is 2.07 bits per heavy atom. The number of carbonyl (C=O) groups is 1. The summed E-state index contributed by atoms with van der Waals surface area (Å²) in [4.78, 5) is 14.6. The summed E-state index contributed by atoms with van der Waals surface area (Å²) < 4.78 is 24.4. The minimum atomic E-state index is -3.04. The average Bonchev–Trinajstić information content (AvgIpc) is 3.26. The maximum Gasteiger partial charge on any atom is 0.233 e. The van der Waals surface area contributed by atoms with Gasteiger partial charge in [-0.3, -0.25) is 4.79 Å². The molecule has 1 aromatic heterocycles. The zero-order valence-electron chi connectivity index (χ0n) is 17.7. The van der Waals surface area contributed by atoms with Gasteiger partial charge in [0.05, 0.1) is 17.3 Å². The highest BCUT2D eigenvalue weighted by Gasteiger charge is 2.34. The van der Waals surface area contributed by atoms with Crippen molar-refractivity contribution in [1.29, 1.82) is 0 Å². The topological polar surface area (TPSA) is 92.3 Å². The molecule has 1 fully saturated rings. The van der Waals surface area contributed by atoms with E-state index < -0.39 is 9.84 Å². The Kier molecular flexibility index (Phi) is 7.41. The highest BCUT2D eigenvalue weighted by Crippen LogP contribution is 2.29. The van der Waals surface area contributed by atoms with E-state index in [0.717, 1.165) is 5.69 Å². The van der Waals surface area contributed by atoms with Crippen LogP contribution in [-0.4, -0.2) is 59.3 Å². The first-order chi connectivity index (χ1) is 14.1. The van der Waals surface area contributed by atoms with Crippen LogP contribution in [0.15, 0.2) is 22.5 Å². The van der Waals surface area contributed by atoms with Crippen LogP contribution in [0.3, 0.4) is 0 Å². The van der Waals surface area contributed by atoms with Gasteiger partial charge in [0, 0.05) is 18.3 Å². The van der Waals surface area contributed by atoms with E-state index in [4.69, 9.17) is 0 Å². The average molecular weight is 469 g/mol. The molecule has 1 unspecified atom stereocenters. The van der Waals surface area contributed by atoms with Gasteiger partial charge in [-0.1, -0.05) is 43.0 Å². The van der Waals surface area contributed by atoms with Crippen LogP contribution in [0.5, 0.6) is 0 Å². The van der Waals surface area contributed by atoms with Crippen molar-refractivity contribution < 1.29 is 13.2 Å². The van der Waals surface area contributed by atoms with E-state index in [-0.39, 0.29) is 35.1 Å². The highest BCUT2D eigenvalue weighted by atomic mass is 32.2. The zero-order chi connectivity index (χ0) is 21.9. The second kappa shape index (κ2) is 9.65. The maximum atomic E-state index is 12.9. The first-order valence-electron chi connectivity index (χ1n) is 9.93. The van der Waals surface area contributed by atoms with Crippen molar-refractivity contribution in [3.05, 3.63) is 29.3 Å². The van der Waals surface area contributed by atoms with Crippen molar-refractivity contribution in [1.82, 2.24) is 15.1 Å². The van der Waals surface area contributed by atoms with Gasteiger partial charge >= 0.3 is 0 Å². The smallest absolute Gasteiger partial charge is 0.233 e. The van der Waals surface area contributed by atoms with Crippen LogP contribution < -0.4 is 5.32 Å². The number of nitrogens with one attached hydrogen (secondary N) is 1. The molecule has 1 aliphatic rings. The van der Waals surface area contributed by atoms with E-state index in [1.54, 1.807) is 4.90 Å². The Balaban J connectivity index is 1.59. The van der Waals surface area contributed by atoms with Gasteiger partial charge in [0.25, 0.3) is 0 Å². The van der Waals surface area contributed by atoms with Gasteiger partial charge in [-0.2, -0.15) is 0 Å². The molecular weight excluding hydrogens is 440 g/mol. The van der Waals surface area contributed by atoms with Gasteiger partial charge in [0.2, 0.25) is 11.0 Å². The second-order valence-electron chi connectivity index (χ2n) is 8.08. The van der Waals surface area contributed by atoms with E-state index >= 15 is 0 Å². The summed E-state index contributed by atoms with van der Waals surface area (Å²) in [5.41, 5.74) is 3.38. The van der Waals surface area contributed by atoms with Gasteiger partial charge in [-0.25, -0.2) is 8.42 Å². The van der Waals surface area contributed by atoms with E-state index in [9.17, 15) is 13.2 Å². The van der Waals surface area contributed by atoms with Crippen molar-refractivity contribution >= 4 is 49.7 Å². The standard InChI is InChI=1S/C20H28N4O3S3/c1-13(2)10-24(17-7-8-30(26,27)12-17)18(25)11-28-20-23-22-19(29-20)21-16-6-5-14(3)15(4)9-16/h5-6,9,13,17H,7-8,10-12H2,1-4H3,(H,21,22). The van der Waals surface area contributed by atoms with Gasteiger partial charge in [-0.15, -0.1) is 10.2 Å². The van der Waals surface area contributed by atoms with Crippen LogP contribution in [0.1, 0.15) is 31.4 Å². The number of sulfone groups is 1. The SMILES string of the molecule is Cc1ccc(Nc2nnc(SCC(=O)N(CC(C)C)C3CCS(=O)(=O)C3)s2)cc1C.